The fourth-order valence-electron chi connectivity index (χ4n) is 3.90. The number of hydrogen-bond donors (Lipinski definition) is 0. The minimum atomic E-state index is -3.63. The van der Waals surface area contributed by atoms with E-state index < -0.39 is 10.0 Å². The summed E-state index contributed by atoms with van der Waals surface area (Å²) >= 11 is 1.20. The Hall–Kier alpha value is -1.47. The monoisotopic (exact) mass is 424 g/mol. The van der Waals surface area contributed by atoms with Gasteiger partial charge in [-0.3, -0.25) is 9.69 Å². The smallest absolute Gasteiger partial charge is 0.265 e. The molecule has 28 heavy (non-hydrogen) atoms. The van der Waals surface area contributed by atoms with Crippen molar-refractivity contribution in [1.29, 1.82) is 5.26 Å². The lowest BCUT2D eigenvalue weighted by Crippen LogP contribution is -2.52. The maximum absolute atomic E-state index is 13.1. The first-order valence-corrected chi connectivity index (χ1v) is 12.2. The molecule has 0 bridgehead atoms. The van der Waals surface area contributed by atoms with Crippen molar-refractivity contribution in [3.8, 4) is 6.07 Å². The molecule has 0 aliphatic carbocycles. The number of hydrogen-bond acceptors (Lipinski definition) is 6. The van der Waals surface area contributed by atoms with Gasteiger partial charge in [-0.15, -0.1) is 11.3 Å². The Morgan fingerprint density at radius 3 is 2.32 bits per heavy atom. The number of amides is 1. The lowest BCUT2D eigenvalue weighted by atomic mass is 10.0. The molecule has 2 aliphatic heterocycles. The second-order valence-corrected chi connectivity index (χ2v) is 10.5. The Kier molecular flexibility index (Phi) is 6.76. The molecule has 1 aromatic rings. The normalized spacial score (nSPS) is 20.9. The number of piperazine rings is 1. The largest absolute Gasteiger partial charge is 0.335 e. The summed E-state index contributed by atoms with van der Waals surface area (Å²) in [6.45, 7) is 7.35. The van der Waals surface area contributed by atoms with Crippen LogP contribution < -0.4 is 0 Å². The molecule has 9 heteroatoms. The second kappa shape index (κ2) is 8.91. The number of piperidine rings is 1. The van der Waals surface area contributed by atoms with Gasteiger partial charge in [0.25, 0.3) is 5.91 Å². The molecule has 2 fully saturated rings. The Bertz CT molecular complexity index is 830. The minimum absolute atomic E-state index is 0.143. The summed E-state index contributed by atoms with van der Waals surface area (Å²) < 4.78 is 27.6. The number of carbonyl (C=O) groups is 1. The summed E-state index contributed by atoms with van der Waals surface area (Å²) in [5, 5.41) is 11.1. The summed E-state index contributed by atoms with van der Waals surface area (Å²) in [5.74, 6) is 0.00845. The summed E-state index contributed by atoms with van der Waals surface area (Å²) in [4.78, 5) is 17.3. The molecule has 1 unspecified atom stereocenters. The van der Waals surface area contributed by atoms with Crippen molar-refractivity contribution in [2.24, 2.45) is 5.92 Å². The van der Waals surface area contributed by atoms with Gasteiger partial charge in [-0.2, -0.15) is 9.57 Å². The number of thiophene rings is 1. The van der Waals surface area contributed by atoms with E-state index in [0.717, 1.165) is 19.3 Å². The molecule has 0 N–H and O–H groups in total. The predicted octanol–water partition coefficient (Wildman–Crippen LogP) is 2.23. The number of carbonyl (C=O) groups excluding carboxylic acids is 1. The van der Waals surface area contributed by atoms with E-state index >= 15 is 0 Å². The zero-order valence-corrected chi connectivity index (χ0v) is 18.1. The van der Waals surface area contributed by atoms with Crippen molar-refractivity contribution >= 4 is 27.3 Å². The van der Waals surface area contributed by atoms with E-state index in [1.807, 2.05) is 13.8 Å². The fraction of sp³-hybridized carbons (Fsp3) is 0.684. The van der Waals surface area contributed by atoms with Gasteiger partial charge in [0, 0.05) is 39.3 Å². The topological polar surface area (TPSA) is 84.7 Å². The van der Waals surface area contributed by atoms with Crippen LogP contribution in [0.2, 0.25) is 0 Å². The van der Waals surface area contributed by atoms with Gasteiger partial charge >= 0.3 is 0 Å². The average Bonchev–Trinajstić information content (AvgIpc) is 3.20. The van der Waals surface area contributed by atoms with Crippen molar-refractivity contribution in [2.75, 3.05) is 39.3 Å². The Morgan fingerprint density at radius 2 is 1.75 bits per heavy atom. The molecule has 0 spiro atoms. The number of nitrogens with zero attached hydrogens (tertiary/aromatic N) is 4. The zero-order chi connectivity index (χ0) is 20.3. The molecule has 0 radical (unpaired) electrons. The predicted molar refractivity (Wildman–Crippen MR) is 109 cm³/mol. The van der Waals surface area contributed by atoms with E-state index in [4.69, 9.17) is 0 Å². The number of rotatable bonds is 5. The summed E-state index contributed by atoms with van der Waals surface area (Å²) in [6.07, 6.45) is 2.78. The molecule has 0 aromatic carbocycles. The quantitative estimate of drug-likeness (QED) is 0.724. The summed E-state index contributed by atoms with van der Waals surface area (Å²) in [7, 11) is -3.63. The maximum atomic E-state index is 13.1. The standard InChI is InChI=1S/C19H28N4O3S2/c1-15(2)16(14-20)21-9-11-22(12-10-21)19(24)18-17(6-13-27-18)28(25,26)23-7-4-3-5-8-23/h6,13,15-16H,3-5,7-12H2,1-2H3. The van der Waals surface area contributed by atoms with E-state index in [1.54, 1.807) is 16.3 Å². The van der Waals surface area contributed by atoms with Crippen LogP contribution in [-0.4, -0.2) is 73.7 Å². The van der Waals surface area contributed by atoms with Crippen LogP contribution in [0.4, 0.5) is 0 Å². The average molecular weight is 425 g/mol. The molecule has 2 saturated heterocycles. The Labute approximate surface area is 171 Å². The van der Waals surface area contributed by atoms with Crippen molar-refractivity contribution in [1.82, 2.24) is 14.1 Å². The van der Waals surface area contributed by atoms with Crippen molar-refractivity contribution in [3.63, 3.8) is 0 Å². The van der Waals surface area contributed by atoms with Crippen molar-refractivity contribution < 1.29 is 13.2 Å². The second-order valence-electron chi connectivity index (χ2n) is 7.72. The first kappa shape index (κ1) is 21.2. The molecule has 2 aliphatic rings. The third-order valence-corrected chi connectivity index (χ3v) is 8.49. The van der Waals surface area contributed by atoms with Gasteiger partial charge in [-0.1, -0.05) is 20.3 Å². The molecule has 1 aromatic heterocycles. The van der Waals surface area contributed by atoms with E-state index in [2.05, 4.69) is 11.0 Å². The third-order valence-electron chi connectivity index (χ3n) is 5.51. The highest BCUT2D eigenvalue weighted by Crippen LogP contribution is 2.29. The third kappa shape index (κ3) is 4.25. The molecule has 3 heterocycles. The molecule has 7 nitrogen and oxygen atoms in total. The van der Waals surface area contributed by atoms with E-state index in [9.17, 15) is 18.5 Å². The Balaban J connectivity index is 1.72. The zero-order valence-electron chi connectivity index (χ0n) is 16.5. The lowest BCUT2D eigenvalue weighted by Gasteiger charge is -2.38. The number of sulfonamides is 1. The molecular weight excluding hydrogens is 396 g/mol. The van der Waals surface area contributed by atoms with Crippen LogP contribution in [0, 0.1) is 17.2 Å². The molecule has 154 valence electrons. The first-order chi connectivity index (χ1) is 13.4. The van der Waals surface area contributed by atoms with Gasteiger partial charge in [0.05, 0.1) is 6.07 Å². The van der Waals surface area contributed by atoms with Crippen LogP contribution >= 0.6 is 11.3 Å². The highest BCUT2D eigenvalue weighted by atomic mass is 32.2. The Morgan fingerprint density at radius 1 is 1.11 bits per heavy atom. The van der Waals surface area contributed by atoms with Gasteiger partial charge in [0.2, 0.25) is 10.0 Å². The van der Waals surface area contributed by atoms with Gasteiger partial charge in [0.15, 0.2) is 0 Å². The lowest BCUT2D eigenvalue weighted by molar-refractivity contribution is 0.0578. The van der Waals surface area contributed by atoms with Crippen molar-refractivity contribution in [2.45, 2.75) is 44.0 Å². The van der Waals surface area contributed by atoms with Crippen LogP contribution in [0.1, 0.15) is 42.8 Å². The summed E-state index contributed by atoms with van der Waals surface area (Å²) in [5.41, 5.74) is 0. The van der Waals surface area contributed by atoms with Gasteiger partial charge < -0.3 is 4.90 Å². The first-order valence-electron chi connectivity index (χ1n) is 9.87. The van der Waals surface area contributed by atoms with E-state index in [1.165, 1.54) is 15.6 Å². The van der Waals surface area contributed by atoms with Crippen LogP contribution in [0.25, 0.3) is 0 Å². The van der Waals surface area contributed by atoms with Gasteiger partial charge in [-0.25, -0.2) is 8.42 Å². The van der Waals surface area contributed by atoms with Crippen LogP contribution in [0.15, 0.2) is 16.3 Å². The maximum Gasteiger partial charge on any atom is 0.265 e. The highest BCUT2D eigenvalue weighted by molar-refractivity contribution is 7.89. The molecular formula is C19H28N4O3S2. The van der Waals surface area contributed by atoms with Crippen LogP contribution in [-0.2, 0) is 10.0 Å². The molecule has 0 saturated carbocycles. The van der Waals surface area contributed by atoms with E-state index in [-0.39, 0.29) is 22.8 Å². The fourth-order valence-corrected chi connectivity index (χ4v) is 6.78. The molecule has 1 amide bonds. The molecule has 3 rings (SSSR count). The molecule has 1 atom stereocenters. The van der Waals surface area contributed by atoms with Crippen molar-refractivity contribution in [3.05, 3.63) is 16.3 Å². The number of nitriles is 1. The minimum Gasteiger partial charge on any atom is -0.335 e. The van der Waals surface area contributed by atoms with E-state index in [0.29, 0.717) is 44.1 Å². The summed E-state index contributed by atoms with van der Waals surface area (Å²) in [6, 6.07) is 3.75. The van der Waals surface area contributed by atoms with Crippen LogP contribution in [0.3, 0.4) is 0 Å². The van der Waals surface area contributed by atoms with Gasteiger partial charge in [-0.05, 0) is 30.2 Å². The SMILES string of the molecule is CC(C)C(C#N)N1CCN(C(=O)c2sccc2S(=O)(=O)N2CCCCC2)CC1. The van der Waals surface area contributed by atoms with Crippen LogP contribution in [0.5, 0.6) is 0 Å². The highest BCUT2D eigenvalue weighted by Gasteiger charge is 2.34. The van der Waals surface area contributed by atoms with Gasteiger partial charge in [0.1, 0.15) is 15.8 Å².